The minimum Gasteiger partial charge on any atom is -0.357 e. The van der Waals surface area contributed by atoms with Crippen LogP contribution in [0.5, 0.6) is 0 Å². The fraction of sp³-hybridized carbons (Fsp3) is 0.259. The first-order chi connectivity index (χ1) is 17.2. The maximum Gasteiger partial charge on any atom is 0.264 e. The summed E-state index contributed by atoms with van der Waals surface area (Å²) in [7, 11) is -2.63. The maximum atomic E-state index is 13.8. The van der Waals surface area contributed by atoms with Gasteiger partial charge in [-0.15, -0.1) is 0 Å². The lowest BCUT2D eigenvalue weighted by Gasteiger charge is -2.33. The molecule has 0 aliphatic carbocycles. The molecule has 1 atom stereocenters. The molecule has 36 heavy (non-hydrogen) atoms. The number of hydrogen-bond acceptors (Lipinski definition) is 4. The highest BCUT2D eigenvalue weighted by molar-refractivity contribution is 7.92. The van der Waals surface area contributed by atoms with E-state index >= 15 is 0 Å². The highest BCUT2D eigenvalue weighted by Gasteiger charge is 2.33. The van der Waals surface area contributed by atoms with Gasteiger partial charge < -0.3 is 10.2 Å². The van der Waals surface area contributed by atoms with Crippen molar-refractivity contribution in [1.82, 2.24) is 10.2 Å². The number of rotatable bonds is 10. The Morgan fingerprint density at radius 2 is 1.56 bits per heavy atom. The van der Waals surface area contributed by atoms with Crippen molar-refractivity contribution >= 4 is 27.5 Å². The molecule has 0 aliphatic rings. The summed E-state index contributed by atoms with van der Waals surface area (Å²) in [5.74, 6) is -1.35. The lowest BCUT2D eigenvalue weighted by atomic mass is 10.1. The van der Waals surface area contributed by atoms with Gasteiger partial charge in [-0.25, -0.2) is 12.8 Å². The first-order valence-corrected chi connectivity index (χ1v) is 13.0. The normalized spacial score (nSPS) is 12.0. The van der Waals surface area contributed by atoms with E-state index in [1.807, 2.05) is 0 Å². The second-order valence-electron chi connectivity index (χ2n) is 8.30. The summed E-state index contributed by atoms with van der Waals surface area (Å²) in [6.45, 7) is 3.03. The Labute approximate surface area is 211 Å². The van der Waals surface area contributed by atoms with Gasteiger partial charge >= 0.3 is 0 Å². The van der Waals surface area contributed by atoms with Gasteiger partial charge in [-0.05, 0) is 54.8 Å². The molecule has 3 rings (SSSR count). The Hall–Kier alpha value is -3.72. The molecule has 0 saturated heterocycles. The molecular formula is C27H30FN3O4S. The van der Waals surface area contributed by atoms with E-state index in [1.165, 1.54) is 48.3 Å². The number of benzene rings is 3. The second-order valence-corrected chi connectivity index (χ2v) is 10.2. The molecule has 1 N–H and O–H groups in total. The predicted octanol–water partition coefficient (Wildman–Crippen LogP) is 3.88. The highest BCUT2D eigenvalue weighted by atomic mass is 32.2. The number of amides is 2. The van der Waals surface area contributed by atoms with Crippen LogP contribution in [0.15, 0.2) is 83.8 Å². The highest BCUT2D eigenvalue weighted by Crippen LogP contribution is 2.27. The topological polar surface area (TPSA) is 86.8 Å². The van der Waals surface area contributed by atoms with Crippen molar-refractivity contribution in [1.29, 1.82) is 0 Å². The largest absolute Gasteiger partial charge is 0.357 e. The Balaban J connectivity index is 2.05. The zero-order chi connectivity index (χ0) is 26.3. The van der Waals surface area contributed by atoms with E-state index in [0.29, 0.717) is 23.2 Å². The van der Waals surface area contributed by atoms with Gasteiger partial charge in [0.05, 0.1) is 10.6 Å². The van der Waals surface area contributed by atoms with E-state index in [4.69, 9.17) is 0 Å². The van der Waals surface area contributed by atoms with Gasteiger partial charge in [-0.3, -0.25) is 13.9 Å². The Morgan fingerprint density at radius 1 is 0.944 bits per heavy atom. The van der Waals surface area contributed by atoms with Crippen molar-refractivity contribution in [3.05, 3.63) is 95.8 Å². The predicted molar refractivity (Wildman–Crippen MR) is 137 cm³/mol. The number of carbonyl (C=O) groups is 2. The molecule has 0 bridgehead atoms. The minimum atomic E-state index is -4.11. The maximum absolute atomic E-state index is 13.8. The van der Waals surface area contributed by atoms with Crippen molar-refractivity contribution < 1.29 is 22.4 Å². The standard InChI is InChI=1S/C27H30FN3O4S/c1-4-24(27(33)29-3)30(18-21-14-16-22(28)17-15-21)26(32)19-31(25-13-9-8-10-20(25)2)36(34,35)23-11-6-5-7-12-23/h5-17,24H,4,18-19H2,1-3H3,(H,29,33)/t24-/m1/s1. The van der Waals surface area contributed by atoms with Crippen molar-refractivity contribution in [2.75, 3.05) is 17.9 Å². The minimum absolute atomic E-state index is 0.0119. The molecule has 0 saturated carbocycles. The van der Waals surface area contributed by atoms with Crippen molar-refractivity contribution in [2.24, 2.45) is 0 Å². The van der Waals surface area contributed by atoms with Gasteiger partial charge in [-0.1, -0.05) is 55.5 Å². The summed E-state index contributed by atoms with van der Waals surface area (Å²) in [4.78, 5) is 27.8. The summed E-state index contributed by atoms with van der Waals surface area (Å²) in [5.41, 5.74) is 1.65. The molecule has 0 spiro atoms. The molecule has 7 nitrogen and oxygen atoms in total. The van der Waals surface area contributed by atoms with Gasteiger partial charge in [0.1, 0.15) is 18.4 Å². The van der Waals surface area contributed by atoms with Crippen LogP contribution in [0.4, 0.5) is 10.1 Å². The molecule has 0 unspecified atom stereocenters. The van der Waals surface area contributed by atoms with Crippen molar-refractivity contribution in [3.8, 4) is 0 Å². The van der Waals surface area contributed by atoms with Crippen LogP contribution in [0.3, 0.4) is 0 Å². The van der Waals surface area contributed by atoms with E-state index < -0.39 is 34.3 Å². The lowest BCUT2D eigenvalue weighted by Crippen LogP contribution is -2.51. The number of aryl methyl sites for hydroxylation is 1. The molecule has 190 valence electrons. The molecule has 0 aromatic heterocycles. The van der Waals surface area contributed by atoms with Crippen LogP contribution in [0.25, 0.3) is 0 Å². The van der Waals surface area contributed by atoms with Crippen molar-refractivity contribution in [2.45, 2.75) is 37.8 Å². The van der Waals surface area contributed by atoms with Crippen LogP contribution in [-0.2, 0) is 26.2 Å². The first-order valence-electron chi connectivity index (χ1n) is 11.6. The number of halogens is 1. The van der Waals surface area contributed by atoms with Crippen molar-refractivity contribution in [3.63, 3.8) is 0 Å². The molecule has 0 heterocycles. The quantitative estimate of drug-likeness (QED) is 0.448. The molecular weight excluding hydrogens is 481 g/mol. The Bertz CT molecular complexity index is 1300. The van der Waals surface area contributed by atoms with Crippen LogP contribution in [0.1, 0.15) is 24.5 Å². The van der Waals surface area contributed by atoms with E-state index in [-0.39, 0.29) is 17.3 Å². The number of likely N-dealkylation sites (N-methyl/N-ethyl adjacent to an activating group) is 1. The first kappa shape index (κ1) is 26.9. The van der Waals surface area contributed by atoms with Gasteiger partial charge in [0, 0.05) is 13.6 Å². The summed E-state index contributed by atoms with van der Waals surface area (Å²) in [6.07, 6.45) is 0.308. The van der Waals surface area contributed by atoms with E-state index in [0.717, 1.165) is 4.31 Å². The zero-order valence-corrected chi connectivity index (χ0v) is 21.3. The van der Waals surface area contributed by atoms with Crippen LogP contribution >= 0.6 is 0 Å². The number of anilines is 1. The number of nitrogens with zero attached hydrogens (tertiary/aromatic N) is 2. The lowest BCUT2D eigenvalue weighted by molar-refractivity contribution is -0.140. The fourth-order valence-corrected chi connectivity index (χ4v) is 5.45. The summed E-state index contributed by atoms with van der Waals surface area (Å²) < 4.78 is 41.9. The van der Waals surface area contributed by atoms with Gasteiger partial charge in [0.2, 0.25) is 11.8 Å². The summed E-state index contributed by atoms with van der Waals surface area (Å²) in [5, 5.41) is 2.57. The third-order valence-corrected chi connectivity index (χ3v) is 7.67. The van der Waals surface area contributed by atoms with Crippen LogP contribution in [0, 0.1) is 12.7 Å². The van der Waals surface area contributed by atoms with Crippen LogP contribution < -0.4 is 9.62 Å². The molecule has 2 amide bonds. The average Bonchev–Trinajstić information content (AvgIpc) is 2.89. The van der Waals surface area contributed by atoms with Crippen LogP contribution in [-0.4, -0.2) is 44.8 Å². The Kier molecular flexibility index (Phi) is 8.82. The molecule has 0 radical (unpaired) electrons. The SMILES string of the molecule is CC[C@H](C(=O)NC)N(Cc1ccc(F)cc1)C(=O)CN(c1ccccc1C)S(=O)(=O)c1ccccc1. The number of sulfonamides is 1. The van der Waals surface area contributed by atoms with Gasteiger partial charge in [0.25, 0.3) is 10.0 Å². The monoisotopic (exact) mass is 511 g/mol. The van der Waals surface area contributed by atoms with E-state index in [2.05, 4.69) is 5.32 Å². The number of carbonyl (C=O) groups excluding carboxylic acids is 2. The van der Waals surface area contributed by atoms with Gasteiger partial charge in [-0.2, -0.15) is 0 Å². The van der Waals surface area contributed by atoms with E-state index in [1.54, 1.807) is 56.3 Å². The fourth-order valence-electron chi connectivity index (χ4n) is 3.95. The number of nitrogens with one attached hydrogen (secondary N) is 1. The third-order valence-electron chi connectivity index (χ3n) is 5.89. The molecule has 0 aliphatic heterocycles. The number of para-hydroxylation sites is 1. The summed E-state index contributed by atoms with van der Waals surface area (Å²) >= 11 is 0. The molecule has 3 aromatic carbocycles. The molecule has 0 fully saturated rings. The van der Waals surface area contributed by atoms with E-state index in [9.17, 15) is 22.4 Å². The number of hydrogen-bond donors (Lipinski definition) is 1. The van der Waals surface area contributed by atoms with Crippen LogP contribution in [0.2, 0.25) is 0 Å². The Morgan fingerprint density at radius 3 is 2.14 bits per heavy atom. The second kappa shape index (κ2) is 11.8. The van der Waals surface area contributed by atoms with Gasteiger partial charge in [0.15, 0.2) is 0 Å². The summed E-state index contributed by atoms with van der Waals surface area (Å²) in [6, 6.07) is 19.6. The average molecular weight is 512 g/mol. The third kappa shape index (κ3) is 6.09. The zero-order valence-electron chi connectivity index (χ0n) is 20.5. The molecule has 3 aromatic rings. The smallest absolute Gasteiger partial charge is 0.264 e. The molecule has 9 heteroatoms.